The summed E-state index contributed by atoms with van der Waals surface area (Å²) in [5, 5.41) is 0. The number of Topliss-reactive ketones (excluding diaryl/α,β-unsaturated/α-hetero) is 1. The van der Waals surface area contributed by atoms with E-state index in [0.29, 0.717) is 0 Å². The Morgan fingerprint density at radius 3 is 2.25 bits per heavy atom. The van der Waals surface area contributed by atoms with E-state index in [9.17, 15) is 9.59 Å². The van der Waals surface area contributed by atoms with Gasteiger partial charge in [-0.25, -0.2) is 0 Å². The Morgan fingerprint density at radius 1 is 1.00 bits per heavy atom. The molecule has 0 bridgehead atoms. The van der Waals surface area contributed by atoms with E-state index < -0.39 is 0 Å². The van der Waals surface area contributed by atoms with Crippen molar-refractivity contribution in [1.29, 1.82) is 0 Å². The minimum absolute atomic E-state index is 0.0271. The number of benzene rings is 1. The van der Waals surface area contributed by atoms with Crippen LogP contribution in [0.5, 0.6) is 0 Å². The topological polar surface area (TPSA) is 43.4 Å². The molecule has 3 nitrogen and oxygen atoms in total. The van der Waals surface area contributed by atoms with Gasteiger partial charge in [0.2, 0.25) is 5.78 Å². The van der Waals surface area contributed by atoms with E-state index in [-0.39, 0.29) is 41.0 Å². The first-order valence-electron chi connectivity index (χ1n) is 6.95. The number of aryl methyl sites for hydroxylation is 1. The lowest BCUT2D eigenvalue weighted by atomic mass is 9.51. The lowest BCUT2D eigenvalue weighted by Crippen LogP contribution is -2.53. The van der Waals surface area contributed by atoms with Gasteiger partial charge < -0.3 is 4.74 Å². The van der Waals surface area contributed by atoms with E-state index in [1.807, 2.05) is 6.92 Å². The Hall–Kier alpha value is -1.90. The minimum atomic E-state index is -0.250. The van der Waals surface area contributed by atoms with E-state index in [1.54, 1.807) is 0 Å². The molecular weight excluding hydrogens is 252 g/mol. The number of fused-ring (bicyclic) bond motifs is 1. The number of methoxy groups -OCH3 is 1. The number of hydrogen-bond acceptors (Lipinski definition) is 3. The maximum absolute atomic E-state index is 12.4. The first kappa shape index (κ1) is 13.1. The SMILES string of the molecule is COC1=CC(=O)C2C(C1=O)[C@H](c1ccc(C)cc1)[C@H]2C. The van der Waals surface area contributed by atoms with Crippen LogP contribution in [0.3, 0.4) is 0 Å². The Kier molecular flexibility index (Phi) is 3.00. The summed E-state index contributed by atoms with van der Waals surface area (Å²) in [5.74, 6) is 0.112. The van der Waals surface area contributed by atoms with Gasteiger partial charge >= 0.3 is 0 Å². The molecule has 0 heterocycles. The van der Waals surface area contributed by atoms with Crippen LogP contribution in [0.1, 0.15) is 24.0 Å². The highest BCUT2D eigenvalue weighted by atomic mass is 16.5. The van der Waals surface area contributed by atoms with Crippen molar-refractivity contribution in [1.82, 2.24) is 0 Å². The summed E-state index contributed by atoms with van der Waals surface area (Å²) in [4.78, 5) is 24.5. The zero-order chi connectivity index (χ0) is 14.4. The lowest BCUT2D eigenvalue weighted by molar-refractivity contribution is -0.144. The second kappa shape index (κ2) is 4.58. The monoisotopic (exact) mass is 270 g/mol. The normalized spacial score (nSPS) is 32.2. The lowest BCUT2D eigenvalue weighted by Gasteiger charge is -2.50. The molecule has 3 rings (SSSR count). The summed E-state index contributed by atoms with van der Waals surface area (Å²) in [5.41, 5.74) is 2.34. The van der Waals surface area contributed by atoms with Gasteiger partial charge in [-0.15, -0.1) is 0 Å². The molecule has 0 N–H and O–H groups in total. The fourth-order valence-corrected chi connectivity index (χ4v) is 3.64. The van der Waals surface area contributed by atoms with Crippen LogP contribution in [0.4, 0.5) is 0 Å². The molecule has 1 aromatic carbocycles. The summed E-state index contributed by atoms with van der Waals surface area (Å²) < 4.78 is 5.06. The average molecular weight is 270 g/mol. The van der Waals surface area contributed by atoms with E-state index in [2.05, 4.69) is 31.2 Å². The highest BCUT2D eigenvalue weighted by Crippen LogP contribution is 2.55. The number of rotatable bonds is 2. The van der Waals surface area contributed by atoms with Crippen LogP contribution in [0.15, 0.2) is 36.1 Å². The van der Waals surface area contributed by atoms with Gasteiger partial charge in [-0.1, -0.05) is 36.8 Å². The smallest absolute Gasteiger partial charge is 0.201 e. The van der Waals surface area contributed by atoms with Crippen molar-refractivity contribution in [3.63, 3.8) is 0 Å². The Morgan fingerprint density at radius 2 is 1.65 bits per heavy atom. The van der Waals surface area contributed by atoms with Crippen LogP contribution in [0, 0.1) is 24.7 Å². The molecule has 2 aliphatic carbocycles. The van der Waals surface area contributed by atoms with Crippen molar-refractivity contribution in [2.75, 3.05) is 7.11 Å². The highest BCUT2D eigenvalue weighted by molar-refractivity contribution is 6.11. The van der Waals surface area contributed by atoms with Crippen molar-refractivity contribution < 1.29 is 14.3 Å². The number of ether oxygens (including phenoxy) is 1. The third-order valence-corrected chi connectivity index (χ3v) is 4.74. The second-order valence-corrected chi connectivity index (χ2v) is 5.83. The molecular formula is C17H18O3. The molecule has 0 aliphatic heterocycles. The molecule has 0 amide bonds. The zero-order valence-corrected chi connectivity index (χ0v) is 11.9. The van der Waals surface area contributed by atoms with E-state index in [1.165, 1.54) is 18.7 Å². The first-order chi connectivity index (χ1) is 9.54. The molecule has 0 spiro atoms. The van der Waals surface area contributed by atoms with Crippen molar-refractivity contribution in [2.45, 2.75) is 19.8 Å². The maximum Gasteiger partial charge on any atom is 0.201 e. The second-order valence-electron chi connectivity index (χ2n) is 5.83. The van der Waals surface area contributed by atoms with Crippen LogP contribution >= 0.6 is 0 Å². The summed E-state index contributed by atoms with van der Waals surface area (Å²) in [6.45, 7) is 4.10. The van der Waals surface area contributed by atoms with Gasteiger partial charge in [0.25, 0.3) is 0 Å². The number of ketones is 2. The molecule has 2 aliphatic rings. The first-order valence-corrected chi connectivity index (χ1v) is 6.95. The molecule has 104 valence electrons. The number of allylic oxidation sites excluding steroid dienone is 2. The van der Waals surface area contributed by atoms with Crippen LogP contribution in [0.2, 0.25) is 0 Å². The van der Waals surface area contributed by atoms with Crippen molar-refractivity contribution in [3.05, 3.63) is 47.2 Å². The molecule has 0 aromatic heterocycles. The summed E-state index contributed by atoms with van der Waals surface area (Å²) in [7, 11) is 1.44. The molecule has 0 saturated heterocycles. The van der Waals surface area contributed by atoms with Crippen LogP contribution in [-0.4, -0.2) is 18.7 Å². The fourth-order valence-electron chi connectivity index (χ4n) is 3.64. The van der Waals surface area contributed by atoms with E-state index >= 15 is 0 Å². The van der Waals surface area contributed by atoms with E-state index in [4.69, 9.17) is 4.74 Å². The molecule has 1 saturated carbocycles. The van der Waals surface area contributed by atoms with Gasteiger partial charge in [-0.3, -0.25) is 9.59 Å². The van der Waals surface area contributed by atoms with Crippen LogP contribution in [-0.2, 0) is 14.3 Å². The van der Waals surface area contributed by atoms with Gasteiger partial charge in [0, 0.05) is 17.9 Å². The molecule has 20 heavy (non-hydrogen) atoms. The summed E-state index contributed by atoms with van der Waals surface area (Å²) in [6, 6.07) is 8.24. The number of carbonyl (C=O) groups is 2. The molecule has 3 heteroatoms. The third-order valence-electron chi connectivity index (χ3n) is 4.74. The minimum Gasteiger partial charge on any atom is -0.493 e. The quantitative estimate of drug-likeness (QED) is 0.829. The Bertz CT molecular complexity index is 597. The molecule has 4 atom stereocenters. The predicted molar refractivity (Wildman–Crippen MR) is 75.2 cm³/mol. The Labute approximate surface area is 118 Å². The molecule has 2 unspecified atom stereocenters. The van der Waals surface area contributed by atoms with Crippen LogP contribution in [0.25, 0.3) is 0 Å². The summed E-state index contributed by atoms with van der Waals surface area (Å²) >= 11 is 0. The summed E-state index contributed by atoms with van der Waals surface area (Å²) in [6.07, 6.45) is 1.37. The molecule has 1 aromatic rings. The Balaban J connectivity index is 1.96. The van der Waals surface area contributed by atoms with E-state index in [0.717, 1.165) is 5.56 Å². The standard InChI is InChI=1S/C17H18O3/c1-9-4-6-11(7-5-9)14-10(2)15-12(18)8-13(20-3)17(19)16(14)15/h4-8,10,14-16H,1-3H3/t10-,14+,15?,16?/m1/s1. The van der Waals surface area contributed by atoms with Gasteiger partial charge in [0.15, 0.2) is 11.5 Å². The molecule has 1 fully saturated rings. The van der Waals surface area contributed by atoms with Crippen molar-refractivity contribution >= 4 is 11.6 Å². The number of carbonyl (C=O) groups excluding carboxylic acids is 2. The maximum atomic E-state index is 12.4. The third kappa shape index (κ3) is 1.73. The van der Waals surface area contributed by atoms with Crippen LogP contribution < -0.4 is 0 Å². The average Bonchev–Trinajstić information content (AvgIpc) is 2.43. The van der Waals surface area contributed by atoms with Gasteiger partial charge in [0.1, 0.15) is 0 Å². The van der Waals surface area contributed by atoms with Gasteiger partial charge in [0.05, 0.1) is 7.11 Å². The van der Waals surface area contributed by atoms with Crippen molar-refractivity contribution in [2.24, 2.45) is 17.8 Å². The van der Waals surface area contributed by atoms with Gasteiger partial charge in [-0.05, 0) is 24.3 Å². The number of hydrogen-bond donors (Lipinski definition) is 0. The fraction of sp³-hybridized carbons (Fsp3) is 0.412. The largest absolute Gasteiger partial charge is 0.493 e. The predicted octanol–water partition coefficient (Wildman–Crippen LogP) is 2.64. The molecule has 0 radical (unpaired) electrons. The highest BCUT2D eigenvalue weighted by Gasteiger charge is 2.57. The zero-order valence-electron chi connectivity index (χ0n) is 11.9. The van der Waals surface area contributed by atoms with Gasteiger partial charge in [-0.2, -0.15) is 0 Å². The van der Waals surface area contributed by atoms with Crippen molar-refractivity contribution in [3.8, 4) is 0 Å².